The van der Waals surface area contributed by atoms with E-state index in [9.17, 15) is 14.0 Å². The molecule has 2 saturated heterocycles. The first-order chi connectivity index (χ1) is 13.8. The van der Waals surface area contributed by atoms with Gasteiger partial charge in [-0.1, -0.05) is 11.6 Å². The van der Waals surface area contributed by atoms with E-state index in [0.29, 0.717) is 49.7 Å². The first kappa shape index (κ1) is 19.0. The van der Waals surface area contributed by atoms with E-state index < -0.39 is 5.60 Å². The minimum absolute atomic E-state index is 0.0436. The van der Waals surface area contributed by atoms with Crippen LogP contribution in [0.4, 0.5) is 9.18 Å². The summed E-state index contributed by atoms with van der Waals surface area (Å²) in [6.45, 7) is 3.79. The van der Waals surface area contributed by atoms with Crippen LogP contribution in [0.2, 0.25) is 5.02 Å². The molecule has 29 heavy (non-hydrogen) atoms. The highest BCUT2D eigenvalue weighted by Gasteiger charge is 2.54. The number of hydrogen-bond donors (Lipinski definition) is 1. The van der Waals surface area contributed by atoms with Gasteiger partial charge in [-0.2, -0.15) is 0 Å². The van der Waals surface area contributed by atoms with E-state index in [4.69, 9.17) is 21.1 Å². The number of carbonyl (C=O) groups excluding carboxylic acids is 2. The van der Waals surface area contributed by atoms with E-state index in [1.165, 1.54) is 12.1 Å². The predicted octanol–water partition coefficient (Wildman–Crippen LogP) is 3.30. The predicted molar refractivity (Wildman–Crippen MR) is 103 cm³/mol. The molecule has 2 amide bonds. The number of nitrogens with zero attached hydrogens (tertiary/aromatic N) is 1. The van der Waals surface area contributed by atoms with Gasteiger partial charge >= 0.3 is 6.09 Å². The van der Waals surface area contributed by atoms with Crippen molar-refractivity contribution in [1.82, 2.24) is 10.2 Å². The van der Waals surface area contributed by atoms with Crippen molar-refractivity contribution in [3.63, 3.8) is 0 Å². The number of hydrogen-bond acceptors (Lipinski definition) is 4. The number of rotatable bonds is 2. The average molecular weight is 423 g/mol. The Morgan fingerprint density at radius 3 is 2.69 bits per heavy atom. The highest BCUT2D eigenvalue weighted by Crippen LogP contribution is 2.47. The Morgan fingerprint density at radius 1 is 1.31 bits per heavy atom. The van der Waals surface area contributed by atoms with Crippen LogP contribution in [0.15, 0.2) is 12.1 Å². The Kier molecular flexibility index (Phi) is 4.25. The lowest BCUT2D eigenvalue weighted by Gasteiger charge is -2.46. The van der Waals surface area contributed by atoms with Crippen LogP contribution in [0, 0.1) is 17.7 Å². The zero-order valence-electron chi connectivity index (χ0n) is 16.3. The molecule has 1 spiro atoms. The molecule has 8 heteroatoms. The fourth-order valence-electron chi connectivity index (χ4n) is 5.47. The van der Waals surface area contributed by atoms with Crippen molar-refractivity contribution >= 4 is 23.6 Å². The molecule has 1 unspecified atom stereocenters. The molecular weight excluding hydrogens is 399 g/mol. The number of benzene rings is 1. The van der Waals surface area contributed by atoms with E-state index >= 15 is 0 Å². The van der Waals surface area contributed by atoms with Gasteiger partial charge < -0.3 is 19.7 Å². The molecule has 1 aromatic carbocycles. The van der Waals surface area contributed by atoms with Gasteiger partial charge in [0, 0.05) is 36.9 Å². The number of ether oxygens (including phenoxy) is 2. The second kappa shape index (κ2) is 6.49. The maximum absolute atomic E-state index is 13.7. The van der Waals surface area contributed by atoms with Crippen LogP contribution in [0.3, 0.4) is 0 Å². The number of piperidine rings is 1. The van der Waals surface area contributed by atoms with Crippen LogP contribution in [-0.2, 0) is 16.0 Å². The molecule has 0 bridgehead atoms. The average Bonchev–Trinajstić information content (AvgIpc) is 3.21. The summed E-state index contributed by atoms with van der Waals surface area (Å²) in [5.41, 5.74) is 0.0545. The molecule has 4 aliphatic rings. The Balaban J connectivity index is 1.18. The number of likely N-dealkylation sites (tertiary alicyclic amines) is 1. The van der Waals surface area contributed by atoms with Crippen molar-refractivity contribution in [2.24, 2.45) is 11.8 Å². The maximum Gasteiger partial charge on any atom is 0.407 e. The fourth-order valence-corrected chi connectivity index (χ4v) is 5.74. The first-order valence-corrected chi connectivity index (χ1v) is 10.6. The van der Waals surface area contributed by atoms with E-state index in [1.807, 2.05) is 4.90 Å². The largest absolute Gasteiger partial charge is 0.485 e. The van der Waals surface area contributed by atoms with Gasteiger partial charge in [0.25, 0.3) is 0 Å². The normalized spacial score (nSPS) is 33.7. The number of amides is 2. The number of cyclic esters (lactones) is 1. The van der Waals surface area contributed by atoms with E-state index in [0.717, 1.165) is 18.4 Å². The molecule has 3 aliphatic heterocycles. The number of nitrogens with one attached hydrogen (secondary N) is 1. The number of carbonyl (C=O) groups is 2. The van der Waals surface area contributed by atoms with Crippen molar-refractivity contribution in [2.75, 3.05) is 19.7 Å². The third kappa shape index (κ3) is 3.14. The summed E-state index contributed by atoms with van der Waals surface area (Å²) in [4.78, 5) is 26.1. The standard InChI is InChI=1S/C21H24ClFN2O4/c1-20(8-12-6-15(23)7-16(22)17(12)29-20)14-2-4-25(5-3-14)18(26)13-9-21(10-13)11-28-19(27)24-21/h6-7,13-14H,2-5,8-11H2,1H3,(H,24,27)/t13-,20?,21+. The smallest absolute Gasteiger partial charge is 0.407 e. The number of halogens is 2. The van der Waals surface area contributed by atoms with Gasteiger partial charge in [-0.15, -0.1) is 0 Å². The van der Waals surface area contributed by atoms with Crippen LogP contribution in [-0.4, -0.2) is 47.7 Å². The molecule has 1 N–H and O–H groups in total. The molecule has 5 rings (SSSR count). The third-order valence-electron chi connectivity index (χ3n) is 7.10. The summed E-state index contributed by atoms with van der Waals surface area (Å²) in [5.74, 6) is 0.645. The van der Waals surface area contributed by atoms with Crippen LogP contribution < -0.4 is 10.1 Å². The molecular formula is C21H24ClFN2O4. The van der Waals surface area contributed by atoms with Crippen molar-refractivity contribution in [1.29, 1.82) is 0 Å². The molecule has 3 fully saturated rings. The topological polar surface area (TPSA) is 67.9 Å². The molecule has 0 radical (unpaired) electrons. The van der Waals surface area contributed by atoms with Crippen molar-refractivity contribution < 1.29 is 23.5 Å². The second-order valence-electron chi connectivity index (χ2n) is 9.15. The van der Waals surface area contributed by atoms with Gasteiger partial charge in [-0.3, -0.25) is 4.79 Å². The van der Waals surface area contributed by atoms with Crippen molar-refractivity contribution in [3.8, 4) is 5.75 Å². The first-order valence-electron chi connectivity index (χ1n) is 10.2. The van der Waals surface area contributed by atoms with Gasteiger partial charge in [0.2, 0.25) is 5.91 Å². The zero-order valence-corrected chi connectivity index (χ0v) is 17.1. The summed E-state index contributed by atoms with van der Waals surface area (Å²) < 4.78 is 24.9. The molecule has 1 atom stereocenters. The van der Waals surface area contributed by atoms with Crippen molar-refractivity contribution in [2.45, 2.75) is 50.2 Å². The Morgan fingerprint density at radius 2 is 2.03 bits per heavy atom. The zero-order chi connectivity index (χ0) is 20.4. The summed E-state index contributed by atoms with van der Waals surface area (Å²) in [6, 6.07) is 2.79. The number of fused-ring (bicyclic) bond motifs is 1. The quantitative estimate of drug-likeness (QED) is 0.794. The van der Waals surface area contributed by atoms with Crippen LogP contribution in [0.25, 0.3) is 0 Å². The van der Waals surface area contributed by atoms with Crippen LogP contribution in [0.5, 0.6) is 5.75 Å². The molecule has 1 aliphatic carbocycles. The van der Waals surface area contributed by atoms with E-state index in [2.05, 4.69) is 12.2 Å². The van der Waals surface area contributed by atoms with Gasteiger partial charge in [0.05, 0.1) is 10.6 Å². The van der Waals surface area contributed by atoms with Gasteiger partial charge in [-0.25, -0.2) is 9.18 Å². The Hall–Kier alpha value is -2.02. The Labute approximate surface area is 173 Å². The SMILES string of the molecule is CC1(C2CCN(C(=O)[C@H]3C[C@]4(COC(=O)N4)C3)CC2)Cc2cc(F)cc(Cl)c2O1. The highest BCUT2D eigenvalue weighted by atomic mass is 35.5. The molecule has 3 heterocycles. The van der Waals surface area contributed by atoms with Gasteiger partial charge in [-0.05, 0) is 44.7 Å². The third-order valence-corrected chi connectivity index (χ3v) is 7.38. The monoisotopic (exact) mass is 422 g/mol. The van der Waals surface area contributed by atoms with Crippen LogP contribution >= 0.6 is 11.6 Å². The van der Waals surface area contributed by atoms with Crippen LogP contribution in [0.1, 0.15) is 38.2 Å². The summed E-state index contributed by atoms with van der Waals surface area (Å²) in [5, 5.41) is 3.15. The Bertz CT molecular complexity index is 880. The highest BCUT2D eigenvalue weighted by molar-refractivity contribution is 6.32. The molecule has 1 saturated carbocycles. The number of alkyl carbamates (subject to hydrolysis) is 1. The molecule has 6 nitrogen and oxygen atoms in total. The lowest BCUT2D eigenvalue weighted by Crippen LogP contribution is -2.59. The summed E-state index contributed by atoms with van der Waals surface area (Å²) in [7, 11) is 0. The molecule has 1 aromatic rings. The lowest BCUT2D eigenvalue weighted by molar-refractivity contribution is -0.143. The van der Waals surface area contributed by atoms with E-state index in [1.54, 1.807) is 0 Å². The fraction of sp³-hybridized carbons (Fsp3) is 0.619. The minimum Gasteiger partial charge on any atom is -0.485 e. The molecule has 156 valence electrons. The van der Waals surface area contributed by atoms with Gasteiger partial charge in [0.1, 0.15) is 23.8 Å². The maximum atomic E-state index is 13.7. The second-order valence-corrected chi connectivity index (χ2v) is 9.56. The molecule has 0 aromatic heterocycles. The van der Waals surface area contributed by atoms with Crippen molar-refractivity contribution in [3.05, 3.63) is 28.5 Å². The minimum atomic E-state index is -0.430. The summed E-state index contributed by atoms with van der Waals surface area (Å²) >= 11 is 6.17. The lowest BCUT2D eigenvalue weighted by atomic mass is 9.68. The van der Waals surface area contributed by atoms with Gasteiger partial charge in [0.15, 0.2) is 0 Å². The van der Waals surface area contributed by atoms with E-state index in [-0.39, 0.29) is 35.2 Å². The summed E-state index contributed by atoms with van der Waals surface area (Å²) in [6.07, 6.45) is 3.23.